The molecule has 0 aliphatic carbocycles. The van der Waals surface area contributed by atoms with E-state index in [1.807, 2.05) is 19.1 Å². The summed E-state index contributed by atoms with van der Waals surface area (Å²) >= 11 is 0. The van der Waals surface area contributed by atoms with Crippen molar-refractivity contribution in [3.05, 3.63) is 64.7 Å². The van der Waals surface area contributed by atoms with E-state index >= 15 is 0 Å². The van der Waals surface area contributed by atoms with E-state index in [0.29, 0.717) is 12.1 Å². The van der Waals surface area contributed by atoms with Crippen LogP contribution in [0.15, 0.2) is 42.5 Å². The molecule has 1 amide bonds. The van der Waals surface area contributed by atoms with Gasteiger partial charge in [-0.3, -0.25) is 9.69 Å². The summed E-state index contributed by atoms with van der Waals surface area (Å²) in [5.74, 6) is -0.265. The molecule has 0 aromatic heterocycles. The highest BCUT2D eigenvalue weighted by Gasteiger charge is 2.21. The number of carbonyl (C=O) groups excluding carboxylic acids is 1. The number of benzene rings is 2. The van der Waals surface area contributed by atoms with Gasteiger partial charge in [0, 0.05) is 26.2 Å². The van der Waals surface area contributed by atoms with E-state index < -0.39 is 0 Å². The average Bonchev–Trinajstić information content (AvgIpc) is 2.62. The lowest BCUT2D eigenvalue weighted by atomic mass is 10.1. The fraction of sp³-hybridized carbons (Fsp3) is 0.409. The van der Waals surface area contributed by atoms with E-state index in [1.165, 1.54) is 5.56 Å². The minimum Gasteiger partial charge on any atom is -0.507 e. The predicted octanol–water partition coefficient (Wildman–Crippen LogP) is 3.24. The zero-order valence-electron chi connectivity index (χ0n) is 16.2. The lowest BCUT2D eigenvalue weighted by molar-refractivity contribution is -0.0704. The van der Waals surface area contributed by atoms with Crippen molar-refractivity contribution in [3.63, 3.8) is 0 Å². The molecule has 0 radical (unpaired) electrons. The number of aromatic hydroxyl groups is 1. The van der Waals surface area contributed by atoms with Gasteiger partial charge in [-0.2, -0.15) is 0 Å². The smallest absolute Gasteiger partial charge is 0.255 e. The second-order valence-electron chi connectivity index (χ2n) is 7.47. The number of morpholine rings is 1. The standard InChI is InChI=1S/C22H28N2O3/c1-15-4-9-21(25)20(10-15)22(26)23-11-18-5-7-19(8-6-18)14-24-12-16(2)27-17(3)13-24/h4-10,16-17,25H,11-14H2,1-3H3,(H,23,26). The summed E-state index contributed by atoms with van der Waals surface area (Å²) in [5, 5.41) is 12.7. The molecule has 0 bridgehead atoms. The lowest BCUT2D eigenvalue weighted by Gasteiger charge is -2.35. The normalized spacial score (nSPS) is 20.4. The molecule has 2 N–H and O–H groups in total. The van der Waals surface area contributed by atoms with E-state index in [4.69, 9.17) is 4.74 Å². The van der Waals surface area contributed by atoms with Gasteiger partial charge in [-0.15, -0.1) is 0 Å². The maximum absolute atomic E-state index is 12.3. The maximum atomic E-state index is 12.3. The maximum Gasteiger partial charge on any atom is 0.255 e. The van der Waals surface area contributed by atoms with Gasteiger partial charge in [0.1, 0.15) is 5.75 Å². The van der Waals surface area contributed by atoms with Crippen LogP contribution in [0.1, 0.15) is 40.9 Å². The minimum absolute atomic E-state index is 0.00224. The quantitative estimate of drug-likeness (QED) is 0.851. The molecule has 2 aromatic carbocycles. The Bertz CT molecular complexity index is 779. The van der Waals surface area contributed by atoms with Crippen LogP contribution in [0.3, 0.4) is 0 Å². The number of carbonyl (C=O) groups is 1. The first-order chi connectivity index (χ1) is 12.9. The molecule has 5 nitrogen and oxygen atoms in total. The van der Waals surface area contributed by atoms with Crippen molar-refractivity contribution in [2.24, 2.45) is 0 Å². The number of hydrogen-bond donors (Lipinski definition) is 2. The highest BCUT2D eigenvalue weighted by atomic mass is 16.5. The Morgan fingerprint density at radius 3 is 2.41 bits per heavy atom. The molecular formula is C22H28N2O3. The van der Waals surface area contributed by atoms with Gasteiger partial charge in [-0.25, -0.2) is 0 Å². The van der Waals surface area contributed by atoms with Crippen LogP contribution in [-0.2, 0) is 17.8 Å². The average molecular weight is 368 g/mol. The van der Waals surface area contributed by atoms with Gasteiger partial charge >= 0.3 is 0 Å². The third-order valence-electron chi connectivity index (χ3n) is 4.77. The second kappa shape index (κ2) is 8.55. The number of phenols is 1. The van der Waals surface area contributed by atoms with E-state index in [0.717, 1.165) is 30.8 Å². The first-order valence-corrected chi connectivity index (χ1v) is 9.44. The second-order valence-corrected chi connectivity index (χ2v) is 7.47. The van der Waals surface area contributed by atoms with Crippen LogP contribution in [0, 0.1) is 6.92 Å². The summed E-state index contributed by atoms with van der Waals surface area (Å²) < 4.78 is 5.78. The molecule has 144 valence electrons. The number of amides is 1. The van der Waals surface area contributed by atoms with E-state index in [1.54, 1.807) is 18.2 Å². The van der Waals surface area contributed by atoms with Gasteiger partial charge in [-0.05, 0) is 44.0 Å². The van der Waals surface area contributed by atoms with Crippen LogP contribution in [0.2, 0.25) is 0 Å². The summed E-state index contributed by atoms with van der Waals surface area (Å²) in [4.78, 5) is 14.7. The number of nitrogens with one attached hydrogen (secondary N) is 1. The molecule has 5 heteroatoms. The molecule has 27 heavy (non-hydrogen) atoms. The summed E-state index contributed by atoms with van der Waals surface area (Å²) in [6, 6.07) is 13.3. The van der Waals surface area contributed by atoms with Crippen molar-refractivity contribution in [1.29, 1.82) is 0 Å². The molecule has 2 atom stereocenters. The Kier molecular flexibility index (Phi) is 6.14. The Morgan fingerprint density at radius 2 is 1.74 bits per heavy atom. The van der Waals surface area contributed by atoms with Crippen molar-refractivity contribution in [1.82, 2.24) is 10.2 Å². The van der Waals surface area contributed by atoms with Gasteiger partial charge in [0.2, 0.25) is 0 Å². The summed E-state index contributed by atoms with van der Waals surface area (Å²) in [5.41, 5.74) is 3.53. The van der Waals surface area contributed by atoms with Gasteiger partial charge in [0.15, 0.2) is 0 Å². The third-order valence-corrected chi connectivity index (χ3v) is 4.77. The topological polar surface area (TPSA) is 61.8 Å². The first kappa shape index (κ1) is 19.4. The Labute approximate surface area is 161 Å². The Hall–Kier alpha value is -2.37. The van der Waals surface area contributed by atoms with Crippen LogP contribution < -0.4 is 5.32 Å². The summed E-state index contributed by atoms with van der Waals surface area (Å²) in [6.07, 6.45) is 0.530. The SMILES string of the molecule is Cc1ccc(O)c(C(=O)NCc2ccc(CN3CC(C)OC(C)C3)cc2)c1. The van der Waals surface area contributed by atoms with Crippen LogP contribution >= 0.6 is 0 Å². The molecule has 0 saturated carbocycles. The van der Waals surface area contributed by atoms with Crippen molar-refractivity contribution in [2.45, 2.75) is 46.1 Å². The van der Waals surface area contributed by atoms with Gasteiger partial charge < -0.3 is 15.2 Å². The number of nitrogens with zero attached hydrogens (tertiary/aromatic N) is 1. The van der Waals surface area contributed by atoms with Crippen LogP contribution in [0.4, 0.5) is 0 Å². The monoisotopic (exact) mass is 368 g/mol. The molecular weight excluding hydrogens is 340 g/mol. The first-order valence-electron chi connectivity index (χ1n) is 9.44. The zero-order valence-corrected chi connectivity index (χ0v) is 16.2. The van der Waals surface area contributed by atoms with Crippen molar-refractivity contribution in [3.8, 4) is 5.75 Å². The molecule has 2 aromatic rings. The summed E-state index contributed by atoms with van der Waals surface area (Å²) in [7, 11) is 0. The number of hydrogen-bond acceptors (Lipinski definition) is 4. The van der Waals surface area contributed by atoms with Gasteiger partial charge in [-0.1, -0.05) is 35.9 Å². The number of phenolic OH excluding ortho intramolecular Hbond substituents is 1. The Morgan fingerprint density at radius 1 is 1.11 bits per heavy atom. The highest BCUT2D eigenvalue weighted by Crippen LogP contribution is 2.18. The fourth-order valence-electron chi connectivity index (χ4n) is 3.54. The van der Waals surface area contributed by atoms with Crippen molar-refractivity contribution >= 4 is 5.91 Å². The van der Waals surface area contributed by atoms with Gasteiger partial charge in [0.25, 0.3) is 5.91 Å². The highest BCUT2D eigenvalue weighted by molar-refractivity contribution is 5.96. The molecule has 1 fully saturated rings. The third kappa shape index (κ3) is 5.31. The zero-order chi connectivity index (χ0) is 19.4. The lowest BCUT2D eigenvalue weighted by Crippen LogP contribution is -2.44. The summed E-state index contributed by atoms with van der Waals surface area (Å²) in [6.45, 7) is 9.34. The fourth-order valence-corrected chi connectivity index (χ4v) is 3.54. The largest absolute Gasteiger partial charge is 0.507 e. The van der Waals surface area contributed by atoms with E-state index in [2.05, 4.69) is 36.2 Å². The number of aryl methyl sites for hydroxylation is 1. The van der Waals surface area contributed by atoms with E-state index in [9.17, 15) is 9.90 Å². The van der Waals surface area contributed by atoms with Crippen molar-refractivity contribution < 1.29 is 14.6 Å². The molecule has 0 spiro atoms. The minimum atomic E-state index is -0.267. The molecule has 1 aliphatic heterocycles. The predicted molar refractivity (Wildman–Crippen MR) is 106 cm³/mol. The van der Waals surface area contributed by atoms with Crippen LogP contribution in [0.25, 0.3) is 0 Å². The molecule has 1 saturated heterocycles. The molecule has 3 rings (SSSR count). The van der Waals surface area contributed by atoms with Crippen LogP contribution in [0.5, 0.6) is 5.75 Å². The van der Waals surface area contributed by atoms with Gasteiger partial charge in [0.05, 0.1) is 17.8 Å². The van der Waals surface area contributed by atoms with E-state index in [-0.39, 0.29) is 23.9 Å². The van der Waals surface area contributed by atoms with Crippen LogP contribution in [-0.4, -0.2) is 41.2 Å². The van der Waals surface area contributed by atoms with Crippen molar-refractivity contribution in [2.75, 3.05) is 13.1 Å². The molecule has 1 aliphatic rings. The molecule has 1 heterocycles. The Balaban J connectivity index is 1.54. The number of rotatable bonds is 5. The number of ether oxygens (including phenoxy) is 1. The molecule has 2 unspecified atom stereocenters.